The highest BCUT2D eigenvalue weighted by molar-refractivity contribution is 5.78. The van der Waals surface area contributed by atoms with Gasteiger partial charge in [-0.3, -0.25) is 4.79 Å². The number of alkyl halides is 3. The van der Waals surface area contributed by atoms with Crippen molar-refractivity contribution in [3.05, 3.63) is 0 Å². The van der Waals surface area contributed by atoms with Crippen LogP contribution in [-0.2, 0) is 4.79 Å². The van der Waals surface area contributed by atoms with Gasteiger partial charge in [0.15, 0.2) is 0 Å². The molecule has 1 amide bonds. The zero-order valence-electron chi connectivity index (χ0n) is 7.34. The van der Waals surface area contributed by atoms with Crippen molar-refractivity contribution in [3.63, 3.8) is 0 Å². The van der Waals surface area contributed by atoms with Gasteiger partial charge in [-0.15, -0.1) is 0 Å². The first kappa shape index (κ1) is 10.8. The largest absolute Gasteiger partial charge is 0.406 e. The molecule has 0 aromatic carbocycles. The number of hydrogen-bond donors (Lipinski definition) is 0. The van der Waals surface area contributed by atoms with Crippen molar-refractivity contribution in [1.82, 2.24) is 4.90 Å². The Morgan fingerprint density at radius 2 is 2.07 bits per heavy atom. The molecule has 1 saturated carbocycles. The molecule has 78 valence electrons. The molecule has 3 nitrogen and oxygen atoms in total. The van der Waals surface area contributed by atoms with Crippen molar-refractivity contribution >= 4 is 5.91 Å². The Balaban J connectivity index is 2.56. The highest BCUT2D eigenvalue weighted by atomic mass is 19.4. The van der Waals surface area contributed by atoms with E-state index in [2.05, 4.69) is 0 Å². The van der Waals surface area contributed by atoms with E-state index in [1.807, 2.05) is 0 Å². The molecule has 14 heavy (non-hydrogen) atoms. The first-order valence-electron chi connectivity index (χ1n) is 4.17. The van der Waals surface area contributed by atoms with E-state index in [1.165, 1.54) is 0 Å². The number of nitrogens with zero attached hydrogens (tertiary/aromatic N) is 2. The van der Waals surface area contributed by atoms with Gasteiger partial charge in [0.25, 0.3) is 0 Å². The predicted molar refractivity (Wildman–Crippen MR) is 41.0 cm³/mol. The molecule has 0 unspecified atom stereocenters. The van der Waals surface area contributed by atoms with Gasteiger partial charge in [0.1, 0.15) is 13.0 Å². The van der Waals surface area contributed by atoms with Crippen LogP contribution in [0, 0.1) is 11.3 Å². The van der Waals surface area contributed by atoms with Crippen molar-refractivity contribution in [2.45, 2.75) is 31.5 Å². The second-order valence-electron chi connectivity index (χ2n) is 3.20. The summed E-state index contributed by atoms with van der Waals surface area (Å²) in [5, 5.41) is 8.21. The topological polar surface area (TPSA) is 44.1 Å². The normalized spacial score (nSPS) is 16.1. The molecule has 0 heterocycles. The highest BCUT2D eigenvalue weighted by Crippen LogP contribution is 2.30. The summed E-state index contributed by atoms with van der Waals surface area (Å²) >= 11 is 0. The Labute approximate surface area is 79.1 Å². The molecule has 1 fully saturated rings. The Bertz CT molecular complexity index is 265. The fourth-order valence-corrected chi connectivity index (χ4v) is 1.17. The predicted octanol–water partition coefficient (Wildman–Crippen LogP) is 1.45. The average molecular weight is 206 g/mol. The van der Waals surface area contributed by atoms with E-state index >= 15 is 0 Å². The van der Waals surface area contributed by atoms with Crippen LogP contribution >= 0.6 is 0 Å². The number of halogens is 3. The van der Waals surface area contributed by atoms with Crippen LogP contribution in [0.2, 0.25) is 0 Å². The Kier molecular flexibility index (Phi) is 2.99. The van der Waals surface area contributed by atoms with E-state index in [1.54, 1.807) is 6.07 Å². The van der Waals surface area contributed by atoms with Crippen LogP contribution in [0.3, 0.4) is 0 Å². The second-order valence-corrected chi connectivity index (χ2v) is 3.20. The number of carbonyl (C=O) groups excluding carboxylic acids is 1. The van der Waals surface area contributed by atoms with E-state index in [4.69, 9.17) is 5.26 Å². The van der Waals surface area contributed by atoms with Crippen LogP contribution in [0.15, 0.2) is 0 Å². The van der Waals surface area contributed by atoms with Crippen LogP contribution in [0.4, 0.5) is 13.2 Å². The lowest BCUT2D eigenvalue weighted by molar-refractivity contribution is -0.161. The fourth-order valence-electron chi connectivity index (χ4n) is 1.17. The minimum absolute atomic E-state index is 0.308. The van der Waals surface area contributed by atoms with E-state index in [0.717, 1.165) is 4.90 Å². The van der Waals surface area contributed by atoms with Gasteiger partial charge in [-0.25, -0.2) is 0 Å². The van der Waals surface area contributed by atoms with Gasteiger partial charge in [-0.1, -0.05) is 0 Å². The van der Waals surface area contributed by atoms with Gasteiger partial charge in [-0.05, 0) is 12.8 Å². The number of carbonyl (C=O) groups is 1. The molecule has 1 aliphatic rings. The molecule has 1 rings (SSSR count). The number of hydrogen-bond acceptors (Lipinski definition) is 2. The molecule has 0 N–H and O–H groups in total. The first-order chi connectivity index (χ1) is 6.44. The lowest BCUT2D eigenvalue weighted by atomic mass is 10.3. The molecular formula is C8H9F3N2O. The van der Waals surface area contributed by atoms with Crippen molar-refractivity contribution in [3.8, 4) is 6.07 Å². The quantitative estimate of drug-likeness (QED) is 0.701. The maximum absolute atomic E-state index is 12.0. The van der Waals surface area contributed by atoms with Crippen LogP contribution < -0.4 is 0 Å². The summed E-state index contributed by atoms with van der Waals surface area (Å²) in [6, 6.07) is 1.25. The second kappa shape index (κ2) is 3.86. The first-order valence-corrected chi connectivity index (χ1v) is 4.17. The Hall–Kier alpha value is -1.25. The van der Waals surface area contributed by atoms with Gasteiger partial charge < -0.3 is 4.90 Å². The van der Waals surface area contributed by atoms with Crippen molar-refractivity contribution in [1.29, 1.82) is 5.26 Å². The third-order valence-electron chi connectivity index (χ3n) is 1.89. The molecule has 0 aromatic heterocycles. The summed E-state index contributed by atoms with van der Waals surface area (Å²) in [6.07, 6.45) is -3.65. The lowest BCUT2D eigenvalue weighted by Gasteiger charge is -2.22. The molecule has 0 bridgehead atoms. The zero-order chi connectivity index (χ0) is 10.8. The SMILES string of the molecule is N#CCC(=O)N(CC(F)(F)F)C1CC1. The number of rotatable bonds is 3. The molecule has 0 spiro atoms. The molecule has 1 aliphatic carbocycles. The van der Waals surface area contributed by atoms with Crippen LogP contribution in [0.25, 0.3) is 0 Å². The van der Waals surface area contributed by atoms with Crippen molar-refractivity contribution in [2.75, 3.05) is 6.54 Å². The monoisotopic (exact) mass is 206 g/mol. The molecule has 6 heteroatoms. The molecule has 0 aliphatic heterocycles. The average Bonchev–Trinajstić information content (AvgIpc) is 2.81. The standard InChI is InChI=1S/C8H9F3N2O/c9-8(10,11)5-13(6-1-2-6)7(14)3-4-12/h6H,1-3,5H2. The minimum Gasteiger partial charge on any atom is -0.330 e. The van der Waals surface area contributed by atoms with E-state index in [-0.39, 0.29) is 6.04 Å². The van der Waals surface area contributed by atoms with E-state index in [9.17, 15) is 18.0 Å². The maximum Gasteiger partial charge on any atom is 0.406 e. The van der Waals surface area contributed by atoms with Crippen molar-refractivity contribution < 1.29 is 18.0 Å². The summed E-state index contributed by atoms with van der Waals surface area (Å²) in [5.74, 6) is -0.729. The molecule has 0 saturated heterocycles. The van der Waals surface area contributed by atoms with Crippen molar-refractivity contribution in [2.24, 2.45) is 0 Å². The Morgan fingerprint density at radius 1 is 1.50 bits per heavy atom. The minimum atomic E-state index is -4.38. The highest BCUT2D eigenvalue weighted by Gasteiger charge is 2.40. The third kappa shape index (κ3) is 3.24. The number of amides is 1. The van der Waals surface area contributed by atoms with Crippen LogP contribution in [0.1, 0.15) is 19.3 Å². The third-order valence-corrected chi connectivity index (χ3v) is 1.89. The number of nitriles is 1. The van der Waals surface area contributed by atoms with Gasteiger partial charge in [-0.2, -0.15) is 18.4 Å². The molecule has 0 aromatic rings. The van der Waals surface area contributed by atoms with Gasteiger partial charge in [0, 0.05) is 6.04 Å². The Morgan fingerprint density at radius 3 is 2.43 bits per heavy atom. The van der Waals surface area contributed by atoms with E-state index < -0.39 is 25.0 Å². The summed E-state index contributed by atoms with van der Waals surface area (Å²) in [5.41, 5.74) is 0. The van der Waals surface area contributed by atoms with Gasteiger partial charge in [0.05, 0.1) is 6.07 Å². The maximum atomic E-state index is 12.0. The summed E-state index contributed by atoms with van der Waals surface area (Å²) < 4.78 is 36.1. The molecular weight excluding hydrogens is 197 g/mol. The zero-order valence-corrected chi connectivity index (χ0v) is 7.34. The molecule has 0 atom stereocenters. The van der Waals surface area contributed by atoms with Crippen LogP contribution in [-0.4, -0.2) is 29.6 Å². The lowest BCUT2D eigenvalue weighted by Crippen LogP contribution is -2.40. The smallest absolute Gasteiger partial charge is 0.330 e. The van der Waals surface area contributed by atoms with Crippen LogP contribution in [0.5, 0.6) is 0 Å². The summed E-state index contributed by atoms with van der Waals surface area (Å²) in [4.78, 5) is 11.9. The van der Waals surface area contributed by atoms with Gasteiger partial charge in [0.2, 0.25) is 5.91 Å². The summed E-state index contributed by atoms with van der Waals surface area (Å²) in [6.45, 7) is -1.24. The van der Waals surface area contributed by atoms with E-state index in [0.29, 0.717) is 12.8 Å². The summed E-state index contributed by atoms with van der Waals surface area (Å²) in [7, 11) is 0. The molecule has 0 radical (unpaired) electrons. The fraction of sp³-hybridized carbons (Fsp3) is 0.750. The van der Waals surface area contributed by atoms with Gasteiger partial charge >= 0.3 is 6.18 Å².